The largest absolute Gasteiger partial charge is 0.444 e. The van der Waals surface area contributed by atoms with Crippen molar-refractivity contribution in [3.63, 3.8) is 0 Å². The Morgan fingerprint density at radius 2 is 1.96 bits per heavy atom. The standard InChI is InChI=1S/C16H27N7O.HI/c1-6-7-8-17-16(18-9-14-22-21-13(4)23(14)5)19-10-15-20-11(2)12(3)24-15;/h6-10H2,1-5H3,(H2,17,18,19);1H. The Hall–Kier alpha value is -1.65. The molecule has 0 bridgehead atoms. The summed E-state index contributed by atoms with van der Waals surface area (Å²) in [6, 6.07) is 0. The Balaban J connectivity index is 0.00000312. The third kappa shape index (κ3) is 6.29. The number of hydrogen-bond acceptors (Lipinski definition) is 5. The molecule has 0 aromatic carbocycles. The van der Waals surface area contributed by atoms with Crippen LogP contribution in [0.2, 0.25) is 0 Å². The number of unbranched alkanes of at least 4 members (excludes halogenated alkanes) is 1. The number of aliphatic imine (C=N–C) groups is 1. The summed E-state index contributed by atoms with van der Waals surface area (Å²) < 4.78 is 7.53. The molecule has 8 nitrogen and oxygen atoms in total. The molecule has 0 aliphatic carbocycles. The monoisotopic (exact) mass is 461 g/mol. The van der Waals surface area contributed by atoms with Crippen molar-refractivity contribution in [3.8, 4) is 0 Å². The van der Waals surface area contributed by atoms with Gasteiger partial charge in [-0.05, 0) is 27.2 Å². The Labute approximate surface area is 165 Å². The zero-order valence-corrected chi connectivity index (χ0v) is 17.9. The molecule has 140 valence electrons. The summed E-state index contributed by atoms with van der Waals surface area (Å²) in [5.74, 6) is 3.92. The van der Waals surface area contributed by atoms with Gasteiger partial charge in [0.05, 0.1) is 12.2 Å². The van der Waals surface area contributed by atoms with Gasteiger partial charge < -0.3 is 19.6 Å². The van der Waals surface area contributed by atoms with Crippen LogP contribution < -0.4 is 10.6 Å². The van der Waals surface area contributed by atoms with Gasteiger partial charge in [-0.1, -0.05) is 13.3 Å². The van der Waals surface area contributed by atoms with Gasteiger partial charge in [-0.2, -0.15) is 0 Å². The van der Waals surface area contributed by atoms with E-state index in [1.54, 1.807) is 0 Å². The van der Waals surface area contributed by atoms with Crippen molar-refractivity contribution in [2.24, 2.45) is 12.0 Å². The summed E-state index contributed by atoms with van der Waals surface area (Å²) in [5, 5.41) is 14.8. The van der Waals surface area contributed by atoms with Crippen molar-refractivity contribution in [1.82, 2.24) is 30.4 Å². The van der Waals surface area contributed by atoms with Crippen molar-refractivity contribution in [2.45, 2.75) is 53.6 Å². The molecule has 0 amide bonds. The summed E-state index contributed by atoms with van der Waals surface area (Å²) in [4.78, 5) is 8.96. The molecule has 0 atom stereocenters. The Morgan fingerprint density at radius 3 is 2.52 bits per heavy atom. The number of aromatic nitrogens is 4. The maximum absolute atomic E-state index is 5.59. The average Bonchev–Trinajstić information content (AvgIpc) is 3.05. The van der Waals surface area contributed by atoms with Gasteiger partial charge in [-0.25, -0.2) is 9.98 Å². The first kappa shape index (κ1) is 21.4. The third-order valence-electron chi connectivity index (χ3n) is 3.86. The van der Waals surface area contributed by atoms with Gasteiger partial charge in [0.25, 0.3) is 0 Å². The maximum Gasteiger partial charge on any atom is 0.214 e. The van der Waals surface area contributed by atoms with Crippen LogP contribution in [-0.4, -0.2) is 32.3 Å². The van der Waals surface area contributed by atoms with Crippen molar-refractivity contribution in [1.29, 1.82) is 0 Å². The summed E-state index contributed by atoms with van der Waals surface area (Å²) >= 11 is 0. The van der Waals surface area contributed by atoms with Crippen LogP contribution >= 0.6 is 24.0 Å². The second-order valence-corrected chi connectivity index (χ2v) is 5.77. The van der Waals surface area contributed by atoms with E-state index >= 15 is 0 Å². The molecule has 0 fully saturated rings. The van der Waals surface area contributed by atoms with Gasteiger partial charge in [-0.3, -0.25) is 0 Å². The van der Waals surface area contributed by atoms with Gasteiger partial charge in [0.1, 0.15) is 18.1 Å². The minimum atomic E-state index is 0. The highest BCUT2D eigenvalue weighted by Crippen LogP contribution is 2.07. The normalized spacial score (nSPS) is 11.3. The molecule has 9 heteroatoms. The molecule has 2 aromatic rings. The first-order chi connectivity index (χ1) is 11.5. The topological polar surface area (TPSA) is 93.2 Å². The zero-order valence-electron chi connectivity index (χ0n) is 15.6. The van der Waals surface area contributed by atoms with Crippen LogP contribution in [0.5, 0.6) is 0 Å². The lowest BCUT2D eigenvalue weighted by Crippen LogP contribution is -2.37. The number of oxazole rings is 1. The van der Waals surface area contributed by atoms with Gasteiger partial charge in [0.2, 0.25) is 5.89 Å². The highest BCUT2D eigenvalue weighted by Gasteiger charge is 2.08. The molecule has 2 heterocycles. The highest BCUT2D eigenvalue weighted by atomic mass is 127. The first-order valence-corrected chi connectivity index (χ1v) is 8.31. The van der Waals surface area contributed by atoms with E-state index in [1.165, 1.54) is 0 Å². The van der Waals surface area contributed by atoms with E-state index in [-0.39, 0.29) is 24.0 Å². The molecule has 2 aromatic heterocycles. The highest BCUT2D eigenvalue weighted by molar-refractivity contribution is 14.0. The minimum absolute atomic E-state index is 0. The Morgan fingerprint density at radius 1 is 1.20 bits per heavy atom. The number of hydrogen-bond donors (Lipinski definition) is 2. The molecule has 0 saturated carbocycles. The van der Waals surface area contributed by atoms with E-state index in [1.807, 2.05) is 32.4 Å². The van der Waals surface area contributed by atoms with Crippen LogP contribution in [0.15, 0.2) is 9.41 Å². The molecule has 2 N–H and O–H groups in total. The van der Waals surface area contributed by atoms with Crippen LogP contribution in [-0.2, 0) is 20.1 Å². The van der Waals surface area contributed by atoms with Crippen LogP contribution in [0.25, 0.3) is 0 Å². The summed E-state index contributed by atoms with van der Waals surface area (Å²) in [6.45, 7) is 9.75. The summed E-state index contributed by atoms with van der Waals surface area (Å²) in [7, 11) is 1.94. The zero-order chi connectivity index (χ0) is 17.5. The first-order valence-electron chi connectivity index (χ1n) is 8.31. The van der Waals surface area contributed by atoms with Crippen LogP contribution in [0, 0.1) is 20.8 Å². The lowest BCUT2D eigenvalue weighted by Gasteiger charge is -2.11. The molecule has 2 rings (SSSR count). The number of nitrogens with zero attached hydrogens (tertiary/aromatic N) is 5. The van der Waals surface area contributed by atoms with E-state index in [0.29, 0.717) is 19.0 Å². The predicted octanol–water partition coefficient (Wildman–Crippen LogP) is 2.38. The fourth-order valence-electron chi connectivity index (χ4n) is 2.07. The molecule has 25 heavy (non-hydrogen) atoms. The second kappa shape index (κ2) is 10.4. The lowest BCUT2D eigenvalue weighted by molar-refractivity contribution is 0.463. The predicted molar refractivity (Wildman–Crippen MR) is 108 cm³/mol. The van der Waals surface area contributed by atoms with Crippen molar-refractivity contribution in [3.05, 3.63) is 29.0 Å². The minimum Gasteiger partial charge on any atom is -0.444 e. The number of rotatable bonds is 7. The average molecular weight is 461 g/mol. The SMILES string of the molecule is CCCCNC(=NCc1nnc(C)n1C)NCc1nc(C)c(C)o1.I. The van der Waals surface area contributed by atoms with E-state index < -0.39 is 0 Å². The number of nitrogens with one attached hydrogen (secondary N) is 2. The van der Waals surface area contributed by atoms with Gasteiger partial charge in [0.15, 0.2) is 11.8 Å². The fraction of sp³-hybridized carbons (Fsp3) is 0.625. The number of halogens is 1. The van der Waals surface area contributed by atoms with Crippen molar-refractivity contribution in [2.75, 3.05) is 6.54 Å². The van der Waals surface area contributed by atoms with E-state index in [4.69, 9.17) is 4.42 Å². The molecular weight excluding hydrogens is 433 g/mol. The van der Waals surface area contributed by atoms with E-state index in [0.717, 1.165) is 48.4 Å². The molecular formula is C16H28IN7O. The molecule has 0 aliphatic heterocycles. The molecule has 0 radical (unpaired) electrons. The van der Waals surface area contributed by atoms with Gasteiger partial charge in [-0.15, -0.1) is 34.2 Å². The van der Waals surface area contributed by atoms with Gasteiger partial charge >= 0.3 is 0 Å². The van der Waals surface area contributed by atoms with Gasteiger partial charge in [0, 0.05) is 13.6 Å². The summed E-state index contributed by atoms with van der Waals surface area (Å²) in [5.41, 5.74) is 0.916. The quantitative estimate of drug-likeness (QED) is 0.285. The van der Waals surface area contributed by atoms with E-state index in [2.05, 4.69) is 37.7 Å². The fourth-order valence-corrected chi connectivity index (χ4v) is 2.07. The second-order valence-electron chi connectivity index (χ2n) is 5.77. The third-order valence-corrected chi connectivity index (χ3v) is 3.86. The number of aryl methyl sites for hydroxylation is 3. The number of guanidine groups is 1. The Kier molecular flexibility index (Phi) is 8.87. The Bertz CT molecular complexity index is 673. The van der Waals surface area contributed by atoms with Crippen LogP contribution in [0.3, 0.4) is 0 Å². The molecule has 0 spiro atoms. The smallest absolute Gasteiger partial charge is 0.214 e. The lowest BCUT2D eigenvalue weighted by atomic mass is 10.3. The van der Waals surface area contributed by atoms with Crippen LogP contribution in [0.1, 0.15) is 48.8 Å². The van der Waals surface area contributed by atoms with Crippen molar-refractivity contribution >= 4 is 29.9 Å². The molecule has 0 unspecified atom stereocenters. The maximum atomic E-state index is 5.59. The van der Waals surface area contributed by atoms with Crippen LogP contribution in [0.4, 0.5) is 0 Å². The summed E-state index contributed by atoms with van der Waals surface area (Å²) in [6.07, 6.45) is 2.21. The van der Waals surface area contributed by atoms with E-state index in [9.17, 15) is 0 Å². The molecule has 0 saturated heterocycles. The van der Waals surface area contributed by atoms with Crippen molar-refractivity contribution < 1.29 is 4.42 Å². The molecule has 0 aliphatic rings.